The van der Waals surface area contributed by atoms with Gasteiger partial charge in [-0.05, 0) is 25.5 Å². The lowest BCUT2D eigenvalue weighted by atomic mass is 10.1. The van der Waals surface area contributed by atoms with Crippen molar-refractivity contribution in [2.45, 2.75) is 45.3 Å². The van der Waals surface area contributed by atoms with Gasteiger partial charge in [0.05, 0.1) is 0 Å². The molecule has 0 amide bonds. The van der Waals surface area contributed by atoms with Gasteiger partial charge in [0.15, 0.2) is 0 Å². The number of rotatable bonds is 6. The van der Waals surface area contributed by atoms with Crippen molar-refractivity contribution in [3.63, 3.8) is 0 Å². The van der Waals surface area contributed by atoms with E-state index >= 15 is 0 Å². The fraction of sp³-hybridized carbons (Fsp3) is 0.538. The van der Waals surface area contributed by atoms with Gasteiger partial charge in [-0.15, -0.1) is 0 Å². The smallest absolute Gasteiger partial charge is 0.433 e. The Labute approximate surface area is 115 Å². The van der Waals surface area contributed by atoms with Crippen molar-refractivity contribution >= 4 is 11.8 Å². The fourth-order valence-electron chi connectivity index (χ4n) is 1.72. The lowest BCUT2D eigenvalue weighted by molar-refractivity contribution is -0.141. The summed E-state index contributed by atoms with van der Waals surface area (Å²) in [7, 11) is 0. The molecule has 1 aromatic rings. The second-order valence-corrected chi connectivity index (χ2v) is 4.58. The van der Waals surface area contributed by atoms with E-state index in [1.54, 1.807) is 6.92 Å². The minimum absolute atomic E-state index is 0.149. The van der Waals surface area contributed by atoms with Crippen LogP contribution in [0.2, 0.25) is 0 Å². The molecule has 0 saturated heterocycles. The summed E-state index contributed by atoms with van der Waals surface area (Å²) in [5, 5.41) is 11.7. The highest BCUT2D eigenvalue weighted by atomic mass is 19.4. The van der Waals surface area contributed by atoms with Gasteiger partial charge >= 0.3 is 12.1 Å². The molecular weight excluding hydrogens is 273 g/mol. The number of aromatic nitrogens is 1. The highest BCUT2D eigenvalue weighted by molar-refractivity contribution is 5.93. The summed E-state index contributed by atoms with van der Waals surface area (Å²) >= 11 is 0. The summed E-state index contributed by atoms with van der Waals surface area (Å²) in [6.07, 6.45) is -2.02. The number of aromatic carboxylic acids is 1. The van der Waals surface area contributed by atoms with Crippen LogP contribution < -0.4 is 5.32 Å². The van der Waals surface area contributed by atoms with Crippen LogP contribution in [0.4, 0.5) is 19.0 Å². The molecule has 1 aromatic heterocycles. The van der Waals surface area contributed by atoms with E-state index in [2.05, 4.69) is 10.3 Å². The molecule has 0 fully saturated rings. The molecule has 0 bridgehead atoms. The molecule has 0 aliphatic carbocycles. The number of hydrogen-bond donors (Lipinski definition) is 2. The molecule has 7 heteroatoms. The molecule has 112 valence electrons. The summed E-state index contributed by atoms with van der Waals surface area (Å²) < 4.78 is 37.8. The van der Waals surface area contributed by atoms with Crippen LogP contribution in [-0.4, -0.2) is 22.1 Å². The maximum Gasteiger partial charge on any atom is 0.433 e. The van der Waals surface area contributed by atoms with E-state index in [-0.39, 0.29) is 17.4 Å². The van der Waals surface area contributed by atoms with Gasteiger partial charge in [-0.3, -0.25) is 0 Å². The van der Waals surface area contributed by atoms with E-state index in [1.165, 1.54) is 0 Å². The topological polar surface area (TPSA) is 62.2 Å². The van der Waals surface area contributed by atoms with Gasteiger partial charge in [0.1, 0.15) is 17.1 Å². The van der Waals surface area contributed by atoms with Crippen LogP contribution in [-0.2, 0) is 6.18 Å². The van der Waals surface area contributed by atoms with E-state index in [0.717, 1.165) is 25.3 Å². The molecule has 1 rings (SSSR count). The van der Waals surface area contributed by atoms with Gasteiger partial charge in [0, 0.05) is 6.04 Å². The summed E-state index contributed by atoms with van der Waals surface area (Å²) in [6, 6.07) is 1.45. The van der Waals surface area contributed by atoms with Gasteiger partial charge in [0.25, 0.3) is 0 Å². The van der Waals surface area contributed by atoms with Gasteiger partial charge in [-0.25, -0.2) is 9.78 Å². The first-order valence-electron chi connectivity index (χ1n) is 6.33. The number of anilines is 1. The number of unbranched alkanes of at least 4 members (excludes halogenated alkanes) is 1. The Morgan fingerprint density at radius 1 is 1.45 bits per heavy atom. The Kier molecular flexibility index (Phi) is 5.35. The molecule has 0 aromatic carbocycles. The highest BCUT2D eigenvalue weighted by Crippen LogP contribution is 2.29. The van der Waals surface area contributed by atoms with Gasteiger partial charge in [-0.1, -0.05) is 19.8 Å². The van der Waals surface area contributed by atoms with E-state index < -0.39 is 17.8 Å². The zero-order valence-electron chi connectivity index (χ0n) is 11.3. The monoisotopic (exact) mass is 290 g/mol. The molecule has 0 aliphatic rings. The second-order valence-electron chi connectivity index (χ2n) is 4.58. The first kappa shape index (κ1) is 16.3. The quantitative estimate of drug-likeness (QED) is 0.836. The summed E-state index contributed by atoms with van der Waals surface area (Å²) in [4.78, 5) is 14.4. The normalized spacial score (nSPS) is 13.1. The number of alkyl halides is 3. The number of nitrogens with zero attached hydrogens (tertiary/aromatic N) is 1. The van der Waals surface area contributed by atoms with Crippen LogP contribution in [0.5, 0.6) is 0 Å². The third kappa shape index (κ3) is 4.40. The number of carboxylic acids is 1. The largest absolute Gasteiger partial charge is 0.478 e. The molecule has 1 atom stereocenters. The third-order valence-corrected chi connectivity index (χ3v) is 2.79. The van der Waals surface area contributed by atoms with Gasteiger partial charge < -0.3 is 10.4 Å². The van der Waals surface area contributed by atoms with Gasteiger partial charge in [0.2, 0.25) is 0 Å². The molecule has 20 heavy (non-hydrogen) atoms. The van der Waals surface area contributed by atoms with Crippen LogP contribution in [0.1, 0.15) is 49.2 Å². The van der Waals surface area contributed by atoms with Crippen LogP contribution in [0.25, 0.3) is 0 Å². The van der Waals surface area contributed by atoms with E-state index in [9.17, 15) is 18.0 Å². The highest BCUT2D eigenvalue weighted by Gasteiger charge is 2.33. The molecule has 0 radical (unpaired) electrons. The Morgan fingerprint density at radius 3 is 2.60 bits per heavy atom. The Bertz CT molecular complexity index is 475. The summed E-state index contributed by atoms with van der Waals surface area (Å²) in [5.74, 6) is -1.55. The molecule has 1 heterocycles. The zero-order chi connectivity index (χ0) is 15.3. The number of carbonyl (C=O) groups is 1. The average Bonchev–Trinajstić information content (AvgIpc) is 2.34. The summed E-state index contributed by atoms with van der Waals surface area (Å²) in [5.41, 5.74) is -1.37. The molecule has 0 aliphatic heterocycles. The maximum absolute atomic E-state index is 12.6. The van der Waals surface area contributed by atoms with Gasteiger partial charge in [-0.2, -0.15) is 13.2 Å². The average molecular weight is 290 g/mol. The van der Waals surface area contributed by atoms with Crippen LogP contribution in [0.3, 0.4) is 0 Å². The molecule has 0 spiro atoms. The zero-order valence-corrected chi connectivity index (χ0v) is 11.3. The maximum atomic E-state index is 12.6. The predicted molar refractivity (Wildman–Crippen MR) is 68.8 cm³/mol. The van der Waals surface area contributed by atoms with Crippen molar-refractivity contribution in [2.75, 3.05) is 5.32 Å². The van der Waals surface area contributed by atoms with E-state index in [1.807, 2.05) is 6.92 Å². The van der Waals surface area contributed by atoms with Crippen LogP contribution in [0, 0.1) is 0 Å². The van der Waals surface area contributed by atoms with Crippen molar-refractivity contribution in [3.8, 4) is 0 Å². The number of hydrogen-bond acceptors (Lipinski definition) is 3. The molecule has 1 unspecified atom stereocenters. The minimum Gasteiger partial charge on any atom is -0.478 e. The first-order chi connectivity index (χ1) is 9.25. The number of halogens is 3. The molecule has 2 N–H and O–H groups in total. The fourth-order valence-corrected chi connectivity index (χ4v) is 1.72. The summed E-state index contributed by atoms with van der Waals surface area (Å²) in [6.45, 7) is 3.78. The number of pyridine rings is 1. The molecule has 4 nitrogen and oxygen atoms in total. The van der Waals surface area contributed by atoms with Crippen LogP contribution >= 0.6 is 0 Å². The predicted octanol–water partition coefficient (Wildman–Crippen LogP) is 3.79. The number of carboxylic acid groups (broad SMARTS) is 1. The standard InChI is InChI=1S/C13H17F3N2O2/c1-3-4-5-8(2)17-11-9(12(19)20)6-7-10(18-11)13(14,15)16/h6-8H,3-5H2,1-2H3,(H,17,18)(H,19,20). The second kappa shape index (κ2) is 6.58. The third-order valence-electron chi connectivity index (χ3n) is 2.79. The first-order valence-corrected chi connectivity index (χ1v) is 6.33. The lowest BCUT2D eigenvalue weighted by Gasteiger charge is -2.17. The van der Waals surface area contributed by atoms with Crippen molar-refractivity contribution in [1.29, 1.82) is 0 Å². The molecule has 0 saturated carbocycles. The van der Waals surface area contributed by atoms with Crippen LogP contribution in [0.15, 0.2) is 12.1 Å². The lowest BCUT2D eigenvalue weighted by Crippen LogP contribution is -2.20. The molecular formula is C13H17F3N2O2. The minimum atomic E-state index is -4.60. The Balaban J connectivity index is 3.03. The number of nitrogens with one attached hydrogen (secondary N) is 1. The van der Waals surface area contributed by atoms with Crippen molar-refractivity contribution in [3.05, 3.63) is 23.4 Å². The SMILES string of the molecule is CCCCC(C)Nc1nc(C(F)(F)F)ccc1C(=O)O. The van der Waals surface area contributed by atoms with Crippen molar-refractivity contribution in [2.24, 2.45) is 0 Å². The van der Waals surface area contributed by atoms with E-state index in [0.29, 0.717) is 6.07 Å². The Hall–Kier alpha value is -1.79. The van der Waals surface area contributed by atoms with Crippen molar-refractivity contribution in [1.82, 2.24) is 4.98 Å². The van der Waals surface area contributed by atoms with E-state index in [4.69, 9.17) is 5.11 Å². The van der Waals surface area contributed by atoms with Crippen molar-refractivity contribution < 1.29 is 23.1 Å². The Morgan fingerprint density at radius 2 is 2.10 bits per heavy atom.